The van der Waals surface area contributed by atoms with Gasteiger partial charge in [0.1, 0.15) is 11.6 Å². The molecular formula is C16H15FN2OS. The van der Waals surface area contributed by atoms with E-state index in [1.54, 1.807) is 18.2 Å². The molecule has 0 amide bonds. The molecule has 21 heavy (non-hydrogen) atoms. The lowest BCUT2D eigenvalue weighted by atomic mass is 10.0. The smallest absolute Gasteiger partial charge is 0.171 e. The average Bonchev–Trinajstić information content (AvgIpc) is 2.50. The molecule has 0 saturated heterocycles. The number of hydrogen-bond acceptors (Lipinski definition) is 2. The fourth-order valence-electron chi connectivity index (χ4n) is 2.37. The van der Waals surface area contributed by atoms with Crippen molar-refractivity contribution in [3.8, 4) is 5.75 Å². The summed E-state index contributed by atoms with van der Waals surface area (Å²) in [4.78, 5) is 0. The van der Waals surface area contributed by atoms with E-state index in [0.29, 0.717) is 17.4 Å². The molecule has 1 aliphatic rings. The lowest BCUT2D eigenvalue weighted by molar-refractivity contribution is 0.262. The van der Waals surface area contributed by atoms with Gasteiger partial charge in [0.15, 0.2) is 5.11 Å². The summed E-state index contributed by atoms with van der Waals surface area (Å²) in [6, 6.07) is 14.4. The van der Waals surface area contributed by atoms with Gasteiger partial charge in [-0.2, -0.15) is 0 Å². The van der Waals surface area contributed by atoms with Crippen molar-refractivity contribution in [2.45, 2.75) is 12.5 Å². The van der Waals surface area contributed by atoms with Crippen molar-refractivity contribution in [1.82, 2.24) is 5.32 Å². The second-order valence-corrected chi connectivity index (χ2v) is 5.21. The van der Waals surface area contributed by atoms with Gasteiger partial charge in [-0.3, -0.25) is 0 Å². The van der Waals surface area contributed by atoms with Crippen LogP contribution in [0.3, 0.4) is 0 Å². The first-order valence-corrected chi connectivity index (χ1v) is 7.18. The van der Waals surface area contributed by atoms with Crippen LogP contribution in [0.5, 0.6) is 5.75 Å². The Labute approximate surface area is 128 Å². The molecule has 1 atom stereocenters. The Morgan fingerprint density at radius 1 is 1.14 bits per heavy atom. The number of thiocarbonyl (C=S) groups is 1. The van der Waals surface area contributed by atoms with Crippen LogP contribution in [-0.2, 0) is 0 Å². The van der Waals surface area contributed by atoms with Crippen LogP contribution < -0.4 is 15.4 Å². The minimum atomic E-state index is -0.325. The van der Waals surface area contributed by atoms with Gasteiger partial charge >= 0.3 is 0 Å². The van der Waals surface area contributed by atoms with Gasteiger partial charge in [0.2, 0.25) is 0 Å². The summed E-state index contributed by atoms with van der Waals surface area (Å²) in [5.41, 5.74) is 1.44. The topological polar surface area (TPSA) is 33.3 Å². The van der Waals surface area contributed by atoms with Crippen molar-refractivity contribution in [2.75, 3.05) is 11.9 Å². The highest BCUT2D eigenvalue weighted by Gasteiger charge is 2.21. The van der Waals surface area contributed by atoms with E-state index >= 15 is 0 Å². The Bertz CT molecular complexity index is 662. The van der Waals surface area contributed by atoms with Gasteiger partial charge < -0.3 is 15.4 Å². The van der Waals surface area contributed by atoms with Crippen molar-refractivity contribution in [3.05, 3.63) is 59.9 Å². The highest BCUT2D eigenvalue weighted by Crippen LogP contribution is 2.31. The summed E-state index contributed by atoms with van der Waals surface area (Å²) in [7, 11) is 0. The van der Waals surface area contributed by atoms with Gasteiger partial charge in [0, 0.05) is 12.0 Å². The zero-order valence-electron chi connectivity index (χ0n) is 11.3. The molecule has 0 unspecified atom stereocenters. The zero-order chi connectivity index (χ0) is 14.7. The van der Waals surface area contributed by atoms with Crippen LogP contribution in [-0.4, -0.2) is 11.7 Å². The van der Waals surface area contributed by atoms with E-state index in [1.807, 2.05) is 24.3 Å². The third-order valence-corrected chi connectivity index (χ3v) is 3.61. The number of rotatable bonds is 2. The molecule has 108 valence electrons. The highest BCUT2D eigenvalue weighted by atomic mass is 32.1. The summed E-state index contributed by atoms with van der Waals surface area (Å²) < 4.78 is 19.2. The van der Waals surface area contributed by atoms with E-state index < -0.39 is 0 Å². The molecule has 0 saturated carbocycles. The molecule has 5 heteroatoms. The van der Waals surface area contributed by atoms with Crippen molar-refractivity contribution in [2.24, 2.45) is 0 Å². The van der Waals surface area contributed by atoms with E-state index in [0.717, 1.165) is 17.7 Å². The normalized spacial score (nSPS) is 16.5. The lowest BCUT2D eigenvalue weighted by Gasteiger charge is -2.27. The maximum atomic E-state index is 13.6. The molecule has 2 aromatic carbocycles. The molecule has 0 spiro atoms. The molecule has 2 N–H and O–H groups in total. The minimum Gasteiger partial charge on any atom is -0.493 e. The summed E-state index contributed by atoms with van der Waals surface area (Å²) in [5.74, 6) is 0.545. The standard InChI is InChI=1S/C16H15FN2OS/c17-12-6-2-3-7-14(12)19-16(21)18-13-9-10-20-15-8-4-1-5-11(13)15/h1-8,13H,9-10H2,(H2,18,19,21)/t13-/m1/s1. The minimum absolute atomic E-state index is 0.0710. The molecule has 0 aromatic heterocycles. The Morgan fingerprint density at radius 3 is 2.76 bits per heavy atom. The third-order valence-electron chi connectivity index (χ3n) is 3.39. The molecule has 0 radical (unpaired) electrons. The van der Waals surface area contributed by atoms with Gasteiger partial charge in [-0.15, -0.1) is 0 Å². The lowest BCUT2D eigenvalue weighted by Crippen LogP contribution is -2.35. The van der Waals surface area contributed by atoms with E-state index in [4.69, 9.17) is 17.0 Å². The van der Waals surface area contributed by atoms with Gasteiger partial charge in [-0.25, -0.2) is 4.39 Å². The number of nitrogens with one attached hydrogen (secondary N) is 2. The molecule has 1 heterocycles. The van der Waals surface area contributed by atoms with Gasteiger partial charge in [-0.05, 0) is 30.4 Å². The van der Waals surface area contributed by atoms with Crippen molar-refractivity contribution in [1.29, 1.82) is 0 Å². The van der Waals surface area contributed by atoms with Crippen molar-refractivity contribution in [3.63, 3.8) is 0 Å². The molecule has 0 fully saturated rings. The molecule has 3 rings (SSSR count). The number of ether oxygens (including phenoxy) is 1. The largest absolute Gasteiger partial charge is 0.493 e. The second kappa shape index (κ2) is 6.10. The van der Waals surface area contributed by atoms with Crippen LogP contribution in [0.25, 0.3) is 0 Å². The van der Waals surface area contributed by atoms with Gasteiger partial charge in [0.25, 0.3) is 0 Å². The van der Waals surface area contributed by atoms with Gasteiger partial charge in [-0.1, -0.05) is 30.3 Å². The maximum Gasteiger partial charge on any atom is 0.171 e. The number of hydrogen-bond donors (Lipinski definition) is 2. The summed E-state index contributed by atoms with van der Waals surface area (Å²) in [6.45, 7) is 0.636. The number of fused-ring (bicyclic) bond motifs is 1. The first-order chi connectivity index (χ1) is 10.2. The van der Waals surface area contributed by atoms with Crippen molar-refractivity contribution < 1.29 is 9.13 Å². The Kier molecular flexibility index (Phi) is 4.01. The predicted molar refractivity (Wildman–Crippen MR) is 85.1 cm³/mol. The zero-order valence-corrected chi connectivity index (χ0v) is 12.1. The van der Waals surface area contributed by atoms with Gasteiger partial charge in [0.05, 0.1) is 18.3 Å². The number of halogens is 1. The van der Waals surface area contributed by atoms with Crippen LogP contribution in [0.4, 0.5) is 10.1 Å². The number of benzene rings is 2. The average molecular weight is 302 g/mol. The van der Waals surface area contributed by atoms with Crippen molar-refractivity contribution >= 4 is 23.0 Å². The van der Waals surface area contributed by atoms with Crippen LogP contribution in [0.15, 0.2) is 48.5 Å². The Balaban J connectivity index is 1.70. The van der Waals surface area contributed by atoms with Crippen LogP contribution >= 0.6 is 12.2 Å². The molecule has 0 bridgehead atoms. The monoisotopic (exact) mass is 302 g/mol. The molecule has 3 nitrogen and oxygen atoms in total. The molecular weight excluding hydrogens is 287 g/mol. The van der Waals surface area contributed by atoms with Crippen LogP contribution in [0.1, 0.15) is 18.0 Å². The van der Waals surface area contributed by atoms with E-state index in [-0.39, 0.29) is 11.9 Å². The Hall–Kier alpha value is -2.14. The Morgan fingerprint density at radius 2 is 1.90 bits per heavy atom. The first-order valence-electron chi connectivity index (χ1n) is 6.78. The molecule has 0 aliphatic carbocycles. The van der Waals surface area contributed by atoms with Crippen LogP contribution in [0, 0.1) is 5.82 Å². The SMILES string of the molecule is Fc1ccccc1NC(=S)N[C@@H]1CCOc2ccccc21. The summed E-state index contributed by atoms with van der Waals surface area (Å²) >= 11 is 5.28. The second-order valence-electron chi connectivity index (χ2n) is 4.81. The van der Waals surface area contributed by atoms with E-state index in [9.17, 15) is 4.39 Å². The fraction of sp³-hybridized carbons (Fsp3) is 0.188. The first kappa shape index (κ1) is 13.8. The summed E-state index contributed by atoms with van der Waals surface area (Å²) in [5, 5.41) is 6.52. The maximum absolute atomic E-state index is 13.6. The summed E-state index contributed by atoms with van der Waals surface area (Å²) in [6.07, 6.45) is 0.816. The molecule has 1 aliphatic heterocycles. The van der Waals surface area contributed by atoms with E-state index in [2.05, 4.69) is 10.6 Å². The van der Waals surface area contributed by atoms with E-state index in [1.165, 1.54) is 6.07 Å². The highest BCUT2D eigenvalue weighted by molar-refractivity contribution is 7.80. The number of para-hydroxylation sites is 2. The predicted octanol–water partition coefficient (Wildman–Crippen LogP) is 3.64. The third kappa shape index (κ3) is 3.13. The van der Waals surface area contributed by atoms with Crippen LogP contribution in [0.2, 0.25) is 0 Å². The quantitative estimate of drug-likeness (QED) is 0.830. The number of anilines is 1. The molecule has 2 aromatic rings. The fourth-order valence-corrected chi connectivity index (χ4v) is 2.62.